The Kier molecular flexibility index (Phi) is 7.24. The van der Waals surface area contributed by atoms with Gasteiger partial charge in [-0.1, -0.05) is 41.9 Å². The molecule has 0 fully saturated rings. The van der Waals surface area contributed by atoms with Gasteiger partial charge in [0.15, 0.2) is 0 Å². The summed E-state index contributed by atoms with van der Waals surface area (Å²) >= 11 is 6.10. The molecule has 0 bridgehead atoms. The van der Waals surface area contributed by atoms with Gasteiger partial charge < -0.3 is 15.4 Å². The Hall–Kier alpha value is -3.57. The number of amides is 2. The zero-order chi connectivity index (χ0) is 21.3. The van der Waals surface area contributed by atoms with E-state index in [1.165, 1.54) is 6.08 Å². The maximum atomic E-state index is 12.7. The molecule has 0 atom stereocenters. The van der Waals surface area contributed by atoms with Gasteiger partial charge in [-0.2, -0.15) is 0 Å². The van der Waals surface area contributed by atoms with Gasteiger partial charge in [0.2, 0.25) is 5.91 Å². The molecule has 152 valence electrons. The lowest BCUT2D eigenvalue weighted by Crippen LogP contribution is -2.17. The number of anilines is 2. The van der Waals surface area contributed by atoms with Crippen LogP contribution in [0.3, 0.4) is 0 Å². The van der Waals surface area contributed by atoms with Gasteiger partial charge in [-0.05, 0) is 61.0 Å². The van der Waals surface area contributed by atoms with Crippen LogP contribution in [0.2, 0.25) is 5.02 Å². The van der Waals surface area contributed by atoms with Gasteiger partial charge in [0.25, 0.3) is 5.91 Å². The molecule has 0 aromatic heterocycles. The predicted octanol–water partition coefficient (Wildman–Crippen LogP) is 5.64. The molecule has 2 N–H and O–H groups in total. The smallest absolute Gasteiger partial charge is 0.257 e. The fraction of sp³-hybridized carbons (Fsp3) is 0.0833. The lowest BCUT2D eigenvalue weighted by Gasteiger charge is -2.11. The first-order valence-corrected chi connectivity index (χ1v) is 9.81. The normalized spacial score (nSPS) is 10.6. The van der Waals surface area contributed by atoms with E-state index in [-0.39, 0.29) is 11.8 Å². The number of hydrogen-bond acceptors (Lipinski definition) is 3. The van der Waals surface area contributed by atoms with Gasteiger partial charge in [0, 0.05) is 16.8 Å². The van der Waals surface area contributed by atoms with Gasteiger partial charge in [0.05, 0.1) is 17.9 Å². The lowest BCUT2D eigenvalue weighted by molar-refractivity contribution is -0.111. The summed E-state index contributed by atoms with van der Waals surface area (Å²) in [5.74, 6) is 0.0369. The van der Waals surface area contributed by atoms with Crippen LogP contribution in [-0.2, 0) is 4.79 Å². The third kappa shape index (κ3) is 5.72. The van der Waals surface area contributed by atoms with E-state index in [1.807, 2.05) is 25.1 Å². The highest BCUT2D eigenvalue weighted by molar-refractivity contribution is 6.32. The molecule has 6 heteroatoms. The SMILES string of the molecule is CCOc1ccc(NC(=O)c2ccccc2NC(=O)C=Cc2ccccc2Cl)cc1. The topological polar surface area (TPSA) is 67.4 Å². The molecule has 3 rings (SSSR count). The molecule has 0 aliphatic rings. The van der Waals surface area contributed by atoms with E-state index in [1.54, 1.807) is 60.7 Å². The quantitative estimate of drug-likeness (QED) is 0.486. The van der Waals surface area contributed by atoms with Crippen molar-refractivity contribution in [3.8, 4) is 5.75 Å². The summed E-state index contributed by atoms with van der Waals surface area (Å²) in [5.41, 5.74) is 2.12. The third-order valence-corrected chi connectivity index (χ3v) is 4.52. The first kappa shape index (κ1) is 21.1. The largest absolute Gasteiger partial charge is 0.494 e. The van der Waals surface area contributed by atoms with Crippen LogP contribution in [0.5, 0.6) is 5.75 Å². The van der Waals surface area contributed by atoms with E-state index >= 15 is 0 Å². The summed E-state index contributed by atoms with van der Waals surface area (Å²) < 4.78 is 5.40. The second-order valence-corrected chi connectivity index (χ2v) is 6.71. The number of halogens is 1. The molecule has 2 amide bonds. The van der Waals surface area contributed by atoms with E-state index < -0.39 is 0 Å². The van der Waals surface area contributed by atoms with Crippen LogP contribution in [0.25, 0.3) is 6.08 Å². The first-order valence-electron chi connectivity index (χ1n) is 9.43. The van der Waals surface area contributed by atoms with E-state index in [2.05, 4.69) is 10.6 Å². The molecule has 5 nitrogen and oxygen atoms in total. The van der Waals surface area contributed by atoms with Gasteiger partial charge in [0.1, 0.15) is 5.75 Å². The van der Waals surface area contributed by atoms with Gasteiger partial charge >= 0.3 is 0 Å². The molecular weight excluding hydrogens is 400 g/mol. The number of ether oxygens (including phenoxy) is 1. The van der Waals surface area contributed by atoms with Crippen molar-refractivity contribution in [2.75, 3.05) is 17.2 Å². The monoisotopic (exact) mass is 420 g/mol. The molecule has 0 spiro atoms. The molecule has 0 saturated carbocycles. The highest BCUT2D eigenvalue weighted by atomic mass is 35.5. The van der Waals surface area contributed by atoms with Crippen LogP contribution >= 0.6 is 11.6 Å². The number of carbonyl (C=O) groups excluding carboxylic acids is 2. The van der Waals surface area contributed by atoms with E-state index in [4.69, 9.17) is 16.3 Å². The summed E-state index contributed by atoms with van der Waals surface area (Å²) in [6.07, 6.45) is 3.00. The number of nitrogens with one attached hydrogen (secondary N) is 2. The number of para-hydroxylation sites is 1. The Balaban J connectivity index is 1.69. The summed E-state index contributed by atoms with van der Waals surface area (Å²) in [4.78, 5) is 25.1. The van der Waals surface area contributed by atoms with Gasteiger partial charge in [-0.3, -0.25) is 9.59 Å². The molecular formula is C24H21ClN2O3. The van der Waals surface area contributed by atoms with Crippen LogP contribution in [0.1, 0.15) is 22.8 Å². The van der Waals surface area contributed by atoms with E-state index in [9.17, 15) is 9.59 Å². The third-order valence-electron chi connectivity index (χ3n) is 4.17. The molecule has 0 unspecified atom stereocenters. The van der Waals surface area contributed by atoms with Crippen LogP contribution < -0.4 is 15.4 Å². The molecule has 0 aliphatic heterocycles. The van der Waals surface area contributed by atoms with Crippen molar-refractivity contribution < 1.29 is 14.3 Å². The van der Waals surface area contributed by atoms with Crippen LogP contribution in [-0.4, -0.2) is 18.4 Å². The highest BCUT2D eigenvalue weighted by Gasteiger charge is 2.12. The Bertz CT molecular complexity index is 1060. The summed E-state index contributed by atoms with van der Waals surface area (Å²) in [7, 11) is 0. The van der Waals surface area contributed by atoms with E-state index in [0.717, 1.165) is 11.3 Å². The second kappa shape index (κ2) is 10.3. The second-order valence-electron chi connectivity index (χ2n) is 6.30. The summed E-state index contributed by atoms with van der Waals surface area (Å²) in [5, 5.41) is 6.12. The van der Waals surface area contributed by atoms with Crippen molar-refractivity contribution in [1.29, 1.82) is 0 Å². The van der Waals surface area contributed by atoms with Crippen molar-refractivity contribution in [2.24, 2.45) is 0 Å². The zero-order valence-corrected chi connectivity index (χ0v) is 17.1. The summed E-state index contributed by atoms with van der Waals surface area (Å²) in [6, 6.07) is 21.1. The highest BCUT2D eigenvalue weighted by Crippen LogP contribution is 2.20. The Labute approximate surface area is 180 Å². The average Bonchev–Trinajstić information content (AvgIpc) is 2.75. The van der Waals surface area contributed by atoms with Crippen LogP contribution in [0.15, 0.2) is 78.9 Å². The van der Waals surface area contributed by atoms with Crippen LogP contribution in [0, 0.1) is 0 Å². The van der Waals surface area contributed by atoms with Crippen molar-refractivity contribution in [1.82, 2.24) is 0 Å². The van der Waals surface area contributed by atoms with Crippen molar-refractivity contribution >= 4 is 40.9 Å². The molecule has 0 radical (unpaired) electrons. The molecule has 3 aromatic rings. The summed E-state index contributed by atoms with van der Waals surface area (Å²) in [6.45, 7) is 2.48. The number of rotatable bonds is 7. The molecule has 0 saturated heterocycles. The first-order chi connectivity index (χ1) is 14.6. The maximum Gasteiger partial charge on any atom is 0.257 e. The van der Waals surface area contributed by atoms with Crippen molar-refractivity contribution in [3.05, 3.63) is 95.0 Å². The van der Waals surface area contributed by atoms with Crippen molar-refractivity contribution in [3.63, 3.8) is 0 Å². The molecule has 0 heterocycles. The Morgan fingerprint density at radius 2 is 1.63 bits per heavy atom. The zero-order valence-electron chi connectivity index (χ0n) is 16.4. The minimum absolute atomic E-state index is 0.329. The Morgan fingerprint density at radius 1 is 0.933 bits per heavy atom. The predicted molar refractivity (Wildman–Crippen MR) is 121 cm³/mol. The maximum absolute atomic E-state index is 12.7. The fourth-order valence-corrected chi connectivity index (χ4v) is 2.94. The average molecular weight is 421 g/mol. The number of benzene rings is 3. The van der Waals surface area contributed by atoms with Crippen LogP contribution in [0.4, 0.5) is 11.4 Å². The fourth-order valence-electron chi connectivity index (χ4n) is 2.74. The number of hydrogen-bond donors (Lipinski definition) is 2. The lowest BCUT2D eigenvalue weighted by atomic mass is 10.1. The molecule has 0 aliphatic carbocycles. The number of carbonyl (C=O) groups is 2. The van der Waals surface area contributed by atoms with E-state index in [0.29, 0.717) is 28.6 Å². The van der Waals surface area contributed by atoms with Crippen molar-refractivity contribution in [2.45, 2.75) is 6.92 Å². The minimum atomic E-state index is -0.365. The van der Waals surface area contributed by atoms with Gasteiger partial charge in [-0.25, -0.2) is 0 Å². The minimum Gasteiger partial charge on any atom is -0.494 e. The molecule has 3 aromatic carbocycles. The molecule has 30 heavy (non-hydrogen) atoms. The Morgan fingerprint density at radius 3 is 2.37 bits per heavy atom. The standard InChI is InChI=1S/C24H21ClN2O3/c1-2-30-19-14-12-18(13-15-19)26-24(29)20-8-4-6-10-22(20)27-23(28)16-11-17-7-3-5-9-21(17)25/h3-16H,2H2,1H3,(H,26,29)(H,27,28). The van der Waals surface area contributed by atoms with Gasteiger partial charge in [-0.15, -0.1) is 0 Å².